The van der Waals surface area contributed by atoms with Gasteiger partial charge in [-0.1, -0.05) is 18.3 Å². The first-order valence-electron chi connectivity index (χ1n) is 14.9. The first kappa shape index (κ1) is 29.7. The number of anilines is 2. The Labute approximate surface area is 258 Å². The molecule has 0 aliphatic carbocycles. The van der Waals surface area contributed by atoms with Crippen LogP contribution in [0.4, 0.5) is 19.6 Å². The van der Waals surface area contributed by atoms with E-state index in [4.69, 9.17) is 0 Å². The topological polar surface area (TPSA) is 104 Å². The van der Waals surface area contributed by atoms with Crippen molar-refractivity contribution < 1.29 is 13.6 Å². The number of halogens is 2. The zero-order valence-corrected chi connectivity index (χ0v) is 25.6. The van der Waals surface area contributed by atoms with Crippen molar-refractivity contribution in [3.05, 3.63) is 64.2 Å². The fraction of sp³-hybridized carbons (Fsp3) is 0.375. The van der Waals surface area contributed by atoms with Gasteiger partial charge in [-0.3, -0.25) is 10.2 Å². The van der Waals surface area contributed by atoms with E-state index in [2.05, 4.69) is 38.4 Å². The molecule has 2 aliphatic heterocycles. The third kappa shape index (κ3) is 6.02. The predicted octanol–water partition coefficient (Wildman–Crippen LogP) is 5.58. The van der Waals surface area contributed by atoms with E-state index in [1.165, 1.54) is 18.2 Å². The molecule has 228 valence electrons. The molecule has 0 unspecified atom stereocenters. The fourth-order valence-corrected chi connectivity index (χ4v) is 6.81. The number of carbonyl (C=O) groups is 1. The number of hydrogen-bond acceptors (Lipinski definition) is 8. The molecule has 6 rings (SSSR count). The van der Waals surface area contributed by atoms with Crippen LogP contribution in [0.5, 0.6) is 0 Å². The number of H-pyrrole nitrogens is 1. The van der Waals surface area contributed by atoms with Crippen LogP contribution in [0.2, 0.25) is 0 Å². The summed E-state index contributed by atoms with van der Waals surface area (Å²) in [6.07, 6.45) is 3.06. The molecule has 0 saturated carbocycles. The minimum Gasteiger partial charge on any atom is -0.369 e. The van der Waals surface area contributed by atoms with Crippen molar-refractivity contribution in [2.45, 2.75) is 26.7 Å². The lowest BCUT2D eigenvalue weighted by Gasteiger charge is -2.38. The summed E-state index contributed by atoms with van der Waals surface area (Å²) in [4.78, 5) is 27.7. The van der Waals surface area contributed by atoms with Gasteiger partial charge in [0.1, 0.15) is 28.3 Å². The zero-order chi connectivity index (χ0) is 30.8. The van der Waals surface area contributed by atoms with E-state index in [0.29, 0.717) is 58.4 Å². The molecule has 1 amide bonds. The average molecular weight is 617 g/mol. The Balaban J connectivity index is 1.15. The highest BCUT2D eigenvalue weighted by Gasteiger charge is 2.31. The van der Waals surface area contributed by atoms with Gasteiger partial charge in [0.15, 0.2) is 0 Å². The van der Waals surface area contributed by atoms with Gasteiger partial charge in [0.25, 0.3) is 0 Å². The van der Waals surface area contributed by atoms with Crippen LogP contribution < -0.4 is 10.3 Å². The van der Waals surface area contributed by atoms with E-state index in [9.17, 15) is 14.4 Å². The maximum Gasteiger partial charge on any atom is 0.225 e. The quantitative estimate of drug-likeness (QED) is 0.208. The summed E-state index contributed by atoms with van der Waals surface area (Å²) in [7, 11) is 0. The monoisotopic (exact) mass is 616 g/mol. The molecule has 2 fully saturated rings. The molecule has 2 aromatic carbocycles. The number of nitrogens with one attached hydrogen (secondary N) is 2. The second kappa shape index (κ2) is 12.7. The van der Waals surface area contributed by atoms with Crippen LogP contribution in [-0.2, 0) is 4.79 Å². The van der Waals surface area contributed by atoms with E-state index < -0.39 is 0 Å². The molecule has 4 heterocycles. The molecule has 0 bridgehead atoms. The number of amides is 1. The van der Waals surface area contributed by atoms with Gasteiger partial charge in [-0.05, 0) is 56.6 Å². The largest absolute Gasteiger partial charge is 0.369 e. The number of rotatable bonds is 7. The summed E-state index contributed by atoms with van der Waals surface area (Å²) >= 11 is 1.15. The van der Waals surface area contributed by atoms with Crippen LogP contribution in [0.3, 0.4) is 0 Å². The number of nitrogens with zero attached hydrogens (tertiary/aromatic N) is 6. The SMILES string of the molecule is CCN1CCN(C(=O)C2CCN(c3cc4c(/C=N/Nc5nc(-c6ccc(F)cc6)c(C#N)s5)c(C)[nH]c4cc3F)CC2)CC1. The summed E-state index contributed by atoms with van der Waals surface area (Å²) in [5, 5.41) is 15.2. The van der Waals surface area contributed by atoms with E-state index in [-0.39, 0.29) is 23.5 Å². The maximum absolute atomic E-state index is 15.3. The lowest BCUT2D eigenvalue weighted by Crippen LogP contribution is -2.51. The van der Waals surface area contributed by atoms with E-state index in [1.807, 2.05) is 22.8 Å². The summed E-state index contributed by atoms with van der Waals surface area (Å²) in [6, 6.07) is 11.3. The number of aryl methyl sites for hydroxylation is 1. The van der Waals surface area contributed by atoms with Gasteiger partial charge in [0, 0.05) is 79.0 Å². The second-order valence-electron chi connectivity index (χ2n) is 11.2. The number of fused-ring (bicyclic) bond motifs is 1. The Kier molecular flexibility index (Phi) is 8.59. The van der Waals surface area contributed by atoms with Crippen molar-refractivity contribution >= 4 is 45.2 Å². The van der Waals surface area contributed by atoms with Crippen LogP contribution in [0, 0.1) is 35.8 Å². The van der Waals surface area contributed by atoms with Gasteiger partial charge in [0.2, 0.25) is 11.0 Å². The Morgan fingerprint density at radius 3 is 2.57 bits per heavy atom. The van der Waals surface area contributed by atoms with E-state index in [0.717, 1.165) is 60.7 Å². The fourth-order valence-electron chi connectivity index (χ4n) is 6.08. The maximum atomic E-state index is 15.3. The van der Waals surface area contributed by atoms with E-state index in [1.54, 1.807) is 18.3 Å². The van der Waals surface area contributed by atoms with E-state index >= 15 is 4.39 Å². The van der Waals surface area contributed by atoms with Crippen LogP contribution in [0.1, 0.15) is 35.9 Å². The lowest BCUT2D eigenvalue weighted by atomic mass is 9.94. The number of piperazine rings is 1. The highest BCUT2D eigenvalue weighted by Crippen LogP contribution is 2.33. The molecule has 0 radical (unpaired) electrons. The Bertz CT molecular complexity index is 1730. The second-order valence-corrected chi connectivity index (χ2v) is 12.2. The van der Waals surface area contributed by atoms with Crippen molar-refractivity contribution in [3.8, 4) is 17.3 Å². The van der Waals surface area contributed by atoms with Crippen molar-refractivity contribution in [1.29, 1.82) is 5.26 Å². The number of aromatic amines is 1. The molecule has 4 aromatic rings. The molecule has 2 aliphatic rings. The predicted molar refractivity (Wildman–Crippen MR) is 170 cm³/mol. The Hall–Kier alpha value is -4.34. The molecule has 0 atom stereocenters. The van der Waals surface area contributed by atoms with Crippen molar-refractivity contribution in [2.24, 2.45) is 11.0 Å². The molecular weight excluding hydrogens is 582 g/mol. The minimum atomic E-state index is -0.362. The number of piperidine rings is 1. The van der Waals surface area contributed by atoms with Crippen molar-refractivity contribution in [2.75, 3.05) is 56.1 Å². The van der Waals surface area contributed by atoms with Crippen molar-refractivity contribution in [3.63, 3.8) is 0 Å². The summed E-state index contributed by atoms with van der Waals surface area (Å²) < 4.78 is 28.7. The highest BCUT2D eigenvalue weighted by atomic mass is 32.1. The number of hydrogen-bond donors (Lipinski definition) is 2. The summed E-state index contributed by atoms with van der Waals surface area (Å²) in [6.45, 7) is 9.69. The normalized spacial score (nSPS) is 16.6. The zero-order valence-electron chi connectivity index (χ0n) is 24.7. The Morgan fingerprint density at radius 1 is 1.16 bits per heavy atom. The third-order valence-electron chi connectivity index (χ3n) is 8.62. The molecule has 2 aromatic heterocycles. The number of likely N-dealkylation sites (N-methyl/N-ethyl adjacent to an activating group) is 1. The van der Waals surface area contributed by atoms with Gasteiger partial charge in [-0.15, -0.1) is 0 Å². The van der Waals surface area contributed by atoms with Crippen LogP contribution >= 0.6 is 11.3 Å². The standard InChI is InChI=1S/C32H34F2N8OS/c1-3-40-12-14-42(15-13-40)31(43)22-8-10-41(11-9-22)28-16-24-25(20(2)37-27(24)17-26(28)34)19-36-39-32-38-30(29(18-35)44-32)21-4-6-23(33)7-5-21/h4-7,16-17,19,22,37H,3,8-15H2,1-2H3,(H,38,39)/b36-19+. The minimum absolute atomic E-state index is 0.0227. The number of hydrazone groups is 1. The molecule has 2 saturated heterocycles. The molecule has 12 heteroatoms. The molecular formula is C32H34F2N8OS. The molecule has 44 heavy (non-hydrogen) atoms. The molecule has 9 nitrogen and oxygen atoms in total. The number of nitriles is 1. The smallest absolute Gasteiger partial charge is 0.225 e. The first-order chi connectivity index (χ1) is 21.3. The number of aromatic nitrogens is 2. The highest BCUT2D eigenvalue weighted by molar-refractivity contribution is 7.16. The van der Waals surface area contributed by atoms with Gasteiger partial charge in [0.05, 0.1) is 11.9 Å². The van der Waals surface area contributed by atoms with Crippen LogP contribution in [0.15, 0.2) is 41.5 Å². The molecule has 2 N–H and O–H groups in total. The third-order valence-corrected chi connectivity index (χ3v) is 9.48. The van der Waals surface area contributed by atoms with Crippen molar-refractivity contribution in [1.82, 2.24) is 19.8 Å². The Morgan fingerprint density at radius 2 is 1.89 bits per heavy atom. The summed E-state index contributed by atoms with van der Waals surface area (Å²) in [5.74, 6) is -0.458. The molecule has 0 spiro atoms. The van der Waals surface area contributed by atoms with Crippen LogP contribution in [0.25, 0.3) is 22.2 Å². The number of carbonyl (C=O) groups excluding carboxylic acids is 1. The van der Waals surface area contributed by atoms with Crippen LogP contribution in [-0.4, -0.2) is 77.7 Å². The number of benzene rings is 2. The average Bonchev–Trinajstić information content (AvgIpc) is 3.60. The first-order valence-corrected chi connectivity index (χ1v) is 15.7. The lowest BCUT2D eigenvalue weighted by molar-refractivity contribution is -0.137. The van der Waals surface area contributed by atoms with Gasteiger partial charge < -0.3 is 19.7 Å². The number of thiazole rings is 1. The summed E-state index contributed by atoms with van der Waals surface area (Å²) in [5.41, 5.74) is 6.83. The van der Waals surface area contributed by atoms with Gasteiger partial charge in [-0.2, -0.15) is 10.4 Å². The van der Waals surface area contributed by atoms with Gasteiger partial charge in [-0.25, -0.2) is 13.8 Å². The van der Waals surface area contributed by atoms with Gasteiger partial charge >= 0.3 is 0 Å².